The largest absolute Gasteiger partial charge is 0.416 e. The van der Waals surface area contributed by atoms with E-state index in [0.717, 1.165) is 24.3 Å². The van der Waals surface area contributed by atoms with Crippen molar-refractivity contribution in [3.05, 3.63) is 81.9 Å². The van der Waals surface area contributed by atoms with E-state index >= 15 is 0 Å². The molecule has 218 valence electrons. The van der Waals surface area contributed by atoms with Gasteiger partial charge >= 0.3 is 12.4 Å². The Kier molecular flexibility index (Phi) is 7.66. The van der Waals surface area contributed by atoms with Crippen LogP contribution in [0.2, 0.25) is 5.28 Å². The quantitative estimate of drug-likeness (QED) is 0.192. The van der Waals surface area contributed by atoms with Gasteiger partial charge in [-0.15, -0.1) is 0 Å². The fourth-order valence-electron chi connectivity index (χ4n) is 5.50. The van der Waals surface area contributed by atoms with E-state index in [0.29, 0.717) is 53.4 Å². The second-order valence-electron chi connectivity index (χ2n) is 10.2. The number of rotatable bonds is 5. The van der Waals surface area contributed by atoms with E-state index in [4.69, 9.17) is 11.6 Å². The van der Waals surface area contributed by atoms with Crippen molar-refractivity contribution < 1.29 is 26.3 Å². The number of nitrogens with one attached hydrogen (secondary N) is 1. The molecule has 1 saturated heterocycles. The van der Waals surface area contributed by atoms with E-state index in [9.17, 15) is 26.3 Å². The molecule has 0 aliphatic carbocycles. The fraction of sp³-hybridized carbons (Fsp3) is 0.393. The van der Waals surface area contributed by atoms with Gasteiger partial charge in [-0.2, -0.15) is 36.3 Å². The molecule has 1 aliphatic rings. The van der Waals surface area contributed by atoms with Crippen molar-refractivity contribution in [1.82, 2.24) is 24.8 Å². The van der Waals surface area contributed by atoms with Crippen LogP contribution in [0, 0.1) is 6.92 Å². The minimum absolute atomic E-state index is 0.0613. The molecule has 41 heavy (non-hydrogen) atoms. The Morgan fingerprint density at radius 2 is 1.41 bits per heavy atom. The lowest BCUT2D eigenvalue weighted by molar-refractivity contribution is -0.138. The number of benzene rings is 2. The molecule has 0 bridgehead atoms. The maximum atomic E-state index is 13.3. The average Bonchev–Trinajstić information content (AvgIpc) is 3.28. The first kappa shape index (κ1) is 29.1. The van der Waals surface area contributed by atoms with Crippen LogP contribution < -0.4 is 4.90 Å². The third-order valence-electron chi connectivity index (χ3n) is 7.48. The highest BCUT2D eigenvalue weighted by Crippen LogP contribution is 2.39. The van der Waals surface area contributed by atoms with Crippen LogP contribution in [-0.4, -0.2) is 50.0 Å². The topological polar surface area (TPSA) is 60.9 Å². The van der Waals surface area contributed by atoms with Crippen molar-refractivity contribution >= 4 is 28.6 Å². The summed E-state index contributed by atoms with van der Waals surface area (Å²) in [5.74, 6) is 1.22. The third kappa shape index (κ3) is 5.85. The zero-order chi connectivity index (χ0) is 29.7. The smallest absolute Gasteiger partial charge is 0.349 e. The number of aromatic amines is 1. The van der Waals surface area contributed by atoms with Crippen molar-refractivity contribution in [2.75, 3.05) is 18.0 Å². The number of hydrogen-bond donors (Lipinski definition) is 1. The monoisotopic (exact) mass is 596 g/mol. The normalized spacial score (nSPS) is 19.0. The molecule has 6 nitrogen and oxygen atoms in total. The molecule has 0 amide bonds. The first-order chi connectivity index (χ1) is 19.3. The van der Waals surface area contributed by atoms with E-state index < -0.39 is 29.5 Å². The molecule has 1 N–H and O–H groups in total. The predicted molar refractivity (Wildman–Crippen MR) is 144 cm³/mol. The molecule has 5 rings (SSSR count). The molecular weight excluding hydrogens is 570 g/mol. The Morgan fingerprint density at radius 3 is 1.90 bits per heavy atom. The summed E-state index contributed by atoms with van der Waals surface area (Å²) in [6.07, 6.45) is -8.37. The lowest BCUT2D eigenvalue weighted by Crippen LogP contribution is -2.58. The molecule has 1 fully saturated rings. The molecule has 0 radical (unpaired) electrons. The van der Waals surface area contributed by atoms with E-state index in [1.54, 1.807) is 6.92 Å². The minimum atomic E-state index is -4.51. The highest BCUT2D eigenvalue weighted by Gasteiger charge is 2.39. The van der Waals surface area contributed by atoms with Gasteiger partial charge in [0.1, 0.15) is 5.82 Å². The maximum absolute atomic E-state index is 13.3. The molecule has 0 spiro atoms. The van der Waals surface area contributed by atoms with Gasteiger partial charge in [-0.3, -0.25) is 4.90 Å². The van der Waals surface area contributed by atoms with Crippen LogP contribution in [0.25, 0.3) is 11.2 Å². The number of imidazole rings is 1. The Hall–Kier alpha value is -3.38. The van der Waals surface area contributed by atoms with Crippen LogP contribution in [0.4, 0.5) is 32.2 Å². The van der Waals surface area contributed by atoms with Gasteiger partial charge in [-0.25, -0.2) is 4.98 Å². The summed E-state index contributed by atoms with van der Waals surface area (Å²) in [5.41, 5.74) is 0.587. The first-order valence-corrected chi connectivity index (χ1v) is 13.4. The summed E-state index contributed by atoms with van der Waals surface area (Å²) in [6, 6.07) is 8.74. The Labute approximate surface area is 237 Å². The SMILES string of the molecule is CC[C@@H]1CN(c2nc(Cl)nc3[nH]c(C)nc23)[C@@H](C)CN1C(c1ccc(C(F)(F)F)cc1)c1ccc(C(F)(F)F)cc1. The van der Waals surface area contributed by atoms with Crippen molar-refractivity contribution in [3.8, 4) is 0 Å². The summed E-state index contributed by atoms with van der Waals surface area (Å²) in [6.45, 7) is 6.69. The van der Waals surface area contributed by atoms with Crippen molar-refractivity contribution in [2.24, 2.45) is 0 Å². The molecule has 0 unspecified atom stereocenters. The Morgan fingerprint density at radius 1 is 0.878 bits per heavy atom. The molecule has 13 heteroatoms. The number of H-pyrrole nitrogens is 1. The van der Waals surface area contributed by atoms with Gasteiger partial charge < -0.3 is 9.88 Å². The summed E-state index contributed by atoms with van der Waals surface area (Å²) in [5, 5.41) is 0.0613. The highest BCUT2D eigenvalue weighted by molar-refractivity contribution is 6.28. The van der Waals surface area contributed by atoms with Gasteiger partial charge in [0.25, 0.3) is 0 Å². The number of alkyl halides is 6. The Balaban J connectivity index is 1.55. The molecule has 0 saturated carbocycles. The zero-order valence-corrected chi connectivity index (χ0v) is 23.1. The Bertz CT molecular complexity index is 1460. The van der Waals surface area contributed by atoms with Crippen LogP contribution in [-0.2, 0) is 12.4 Å². The molecule has 2 aromatic heterocycles. The standard InChI is InChI=1S/C28H27ClF6N6/c1-4-21-14-40(25-22-24(37-16(3)36-22)38-26(29)39-25)15(2)13-41(21)23(17-5-9-19(10-6-17)27(30,31)32)18-7-11-20(12-8-18)28(33,34)35/h5-12,15,21,23H,4,13-14H2,1-3H3,(H,36,37,38,39)/t15-,21+/m0/s1. The van der Waals surface area contributed by atoms with E-state index in [1.807, 2.05) is 13.8 Å². The van der Waals surface area contributed by atoms with Crippen LogP contribution in [0.15, 0.2) is 48.5 Å². The molecule has 2 aromatic carbocycles. The van der Waals surface area contributed by atoms with Gasteiger partial charge in [0.05, 0.1) is 17.2 Å². The van der Waals surface area contributed by atoms with Crippen LogP contribution >= 0.6 is 11.6 Å². The first-order valence-electron chi connectivity index (χ1n) is 13.0. The number of anilines is 1. The number of halogens is 7. The lowest BCUT2D eigenvalue weighted by atomic mass is 9.91. The van der Waals surface area contributed by atoms with Gasteiger partial charge in [-0.05, 0) is 67.3 Å². The number of hydrogen-bond acceptors (Lipinski definition) is 5. The highest BCUT2D eigenvalue weighted by atomic mass is 35.5. The average molecular weight is 597 g/mol. The number of aromatic nitrogens is 4. The van der Waals surface area contributed by atoms with Crippen molar-refractivity contribution in [2.45, 2.75) is 57.7 Å². The molecular formula is C28H27ClF6N6. The number of nitrogens with zero attached hydrogens (tertiary/aromatic N) is 5. The molecule has 3 heterocycles. The number of fused-ring (bicyclic) bond motifs is 1. The molecule has 1 aliphatic heterocycles. The van der Waals surface area contributed by atoms with Crippen LogP contribution in [0.3, 0.4) is 0 Å². The van der Waals surface area contributed by atoms with E-state index in [1.165, 1.54) is 24.3 Å². The van der Waals surface area contributed by atoms with E-state index in [2.05, 4.69) is 29.7 Å². The summed E-state index contributed by atoms with van der Waals surface area (Å²) in [4.78, 5) is 20.5. The zero-order valence-electron chi connectivity index (χ0n) is 22.4. The van der Waals surface area contributed by atoms with Gasteiger partial charge in [-0.1, -0.05) is 31.2 Å². The fourth-order valence-corrected chi connectivity index (χ4v) is 5.66. The van der Waals surface area contributed by atoms with Crippen molar-refractivity contribution in [1.29, 1.82) is 0 Å². The van der Waals surface area contributed by atoms with Crippen LogP contribution in [0.5, 0.6) is 0 Å². The molecule has 2 atom stereocenters. The second kappa shape index (κ2) is 10.8. The van der Waals surface area contributed by atoms with E-state index in [-0.39, 0.29) is 17.4 Å². The third-order valence-corrected chi connectivity index (χ3v) is 7.65. The second-order valence-corrected chi connectivity index (χ2v) is 10.6. The van der Waals surface area contributed by atoms with Gasteiger partial charge in [0.2, 0.25) is 5.28 Å². The molecule has 4 aromatic rings. The van der Waals surface area contributed by atoms with Gasteiger partial charge in [0.15, 0.2) is 17.0 Å². The summed E-state index contributed by atoms with van der Waals surface area (Å²) in [7, 11) is 0. The summed E-state index contributed by atoms with van der Waals surface area (Å²) < 4.78 is 79.9. The maximum Gasteiger partial charge on any atom is 0.416 e. The summed E-state index contributed by atoms with van der Waals surface area (Å²) >= 11 is 6.23. The van der Waals surface area contributed by atoms with Gasteiger partial charge in [0, 0.05) is 25.2 Å². The van der Waals surface area contributed by atoms with Crippen molar-refractivity contribution in [3.63, 3.8) is 0 Å². The predicted octanol–water partition coefficient (Wildman–Crippen LogP) is 7.43. The van der Waals surface area contributed by atoms with Crippen LogP contribution in [0.1, 0.15) is 54.4 Å². The number of piperazine rings is 1. The number of aryl methyl sites for hydroxylation is 1. The lowest BCUT2D eigenvalue weighted by Gasteiger charge is -2.49. The minimum Gasteiger partial charge on any atom is -0.349 e.